The fourth-order valence-electron chi connectivity index (χ4n) is 3.58. The second-order valence-corrected chi connectivity index (χ2v) is 7.26. The molecule has 1 aliphatic rings. The van der Waals surface area contributed by atoms with Gasteiger partial charge in [0.2, 0.25) is 5.95 Å². The fourth-order valence-corrected chi connectivity index (χ4v) is 3.58. The smallest absolute Gasteiger partial charge is 0.335 e. The first-order valence-electron chi connectivity index (χ1n) is 9.49. The van der Waals surface area contributed by atoms with E-state index in [1.807, 2.05) is 6.92 Å². The van der Waals surface area contributed by atoms with Crippen molar-refractivity contribution < 1.29 is 14.6 Å². The Morgan fingerprint density at radius 1 is 1.24 bits per heavy atom. The number of aromatic nitrogens is 3. The first-order chi connectivity index (χ1) is 13.9. The van der Waals surface area contributed by atoms with Gasteiger partial charge < -0.3 is 15.2 Å². The van der Waals surface area contributed by atoms with Gasteiger partial charge in [-0.1, -0.05) is 6.07 Å². The molecule has 0 amide bonds. The van der Waals surface area contributed by atoms with Gasteiger partial charge in [0.05, 0.1) is 5.56 Å². The molecule has 3 heterocycles. The second kappa shape index (κ2) is 7.63. The molecular formula is C21H22N4O4. The van der Waals surface area contributed by atoms with Crippen molar-refractivity contribution in [1.29, 1.82) is 0 Å². The molecule has 0 spiro atoms. The van der Waals surface area contributed by atoms with E-state index in [0.29, 0.717) is 41.3 Å². The number of aromatic carboxylic acids is 1. The summed E-state index contributed by atoms with van der Waals surface area (Å²) >= 11 is 0. The van der Waals surface area contributed by atoms with Crippen LogP contribution in [0.1, 0.15) is 28.8 Å². The first-order valence-corrected chi connectivity index (χ1v) is 9.49. The normalized spacial score (nSPS) is 14.8. The van der Waals surface area contributed by atoms with Crippen molar-refractivity contribution >= 4 is 23.0 Å². The highest BCUT2D eigenvalue weighted by Gasteiger charge is 2.17. The summed E-state index contributed by atoms with van der Waals surface area (Å²) in [5.41, 5.74) is 2.27. The lowest BCUT2D eigenvalue weighted by Gasteiger charge is -2.23. The molecule has 29 heavy (non-hydrogen) atoms. The largest absolute Gasteiger partial charge is 0.478 e. The third kappa shape index (κ3) is 3.71. The quantitative estimate of drug-likeness (QED) is 0.700. The van der Waals surface area contributed by atoms with E-state index < -0.39 is 5.97 Å². The number of hydrogen-bond donors (Lipinski definition) is 2. The number of benzene rings is 1. The number of carboxylic acids is 1. The maximum atomic E-state index is 13.0. The zero-order valence-corrected chi connectivity index (χ0v) is 16.3. The number of carbonyl (C=O) groups is 1. The second-order valence-electron chi connectivity index (χ2n) is 7.26. The topological polar surface area (TPSA) is 106 Å². The maximum Gasteiger partial charge on any atom is 0.335 e. The number of fused-ring (bicyclic) bond motifs is 1. The third-order valence-electron chi connectivity index (χ3n) is 5.28. The number of nitrogens with zero attached hydrogens (tertiary/aromatic N) is 3. The Kier molecular flexibility index (Phi) is 5.02. The minimum absolute atomic E-state index is 0.139. The van der Waals surface area contributed by atoms with E-state index in [0.717, 1.165) is 18.4 Å². The monoisotopic (exact) mass is 394 g/mol. The molecule has 1 fully saturated rings. The average Bonchev–Trinajstić information content (AvgIpc) is 2.72. The van der Waals surface area contributed by atoms with Crippen LogP contribution in [0.15, 0.2) is 35.3 Å². The molecule has 2 aromatic heterocycles. The molecule has 0 saturated carbocycles. The number of pyridine rings is 1. The van der Waals surface area contributed by atoms with Gasteiger partial charge in [-0.15, -0.1) is 0 Å². The number of anilines is 1. The Labute approximate surface area is 167 Å². The van der Waals surface area contributed by atoms with Crippen LogP contribution in [-0.2, 0) is 11.8 Å². The fraction of sp³-hybridized carbons (Fsp3) is 0.333. The van der Waals surface area contributed by atoms with Crippen LogP contribution in [0.3, 0.4) is 0 Å². The highest BCUT2D eigenvalue weighted by molar-refractivity contribution is 5.90. The van der Waals surface area contributed by atoms with E-state index in [1.165, 1.54) is 16.7 Å². The lowest BCUT2D eigenvalue weighted by Crippen LogP contribution is -2.29. The van der Waals surface area contributed by atoms with Crippen LogP contribution < -0.4 is 10.9 Å². The summed E-state index contributed by atoms with van der Waals surface area (Å²) in [6.07, 6.45) is 3.46. The van der Waals surface area contributed by atoms with E-state index >= 15 is 0 Å². The Morgan fingerprint density at radius 3 is 2.72 bits per heavy atom. The van der Waals surface area contributed by atoms with E-state index in [1.54, 1.807) is 25.4 Å². The summed E-state index contributed by atoms with van der Waals surface area (Å²) in [5.74, 6) is -0.549. The molecule has 1 aliphatic heterocycles. The molecule has 0 atom stereocenters. The van der Waals surface area contributed by atoms with Gasteiger partial charge in [0.1, 0.15) is 5.65 Å². The Bertz CT molecular complexity index is 1150. The lowest BCUT2D eigenvalue weighted by molar-refractivity contribution is 0.0697. The van der Waals surface area contributed by atoms with Crippen LogP contribution in [0, 0.1) is 6.92 Å². The van der Waals surface area contributed by atoms with Crippen molar-refractivity contribution in [3.05, 3.63) is 51.9 Å². The molecule has 0 aliphatic carbocycles. The van der Waals surface area contributed by atoms with Gasteiger partial charge in [0.25, 0.3) is 5.56 Å². The van der Waals surface area contributed by atoms with Gasteiger partial charge in [-0.2, -0.15) is 4.98 Å². The number of aryl methyl sites for hydroxylation is 2. The number of hydrogen-bond acceptors (Lipinski definition) is 6. The van der Waals surface area contributed by atoms with Crippen LogP contribution in [-0.4, -0.2) is 44.9 Å². The van der Waals surface area contributed by atoms with Crippen molar-refractivity contribution in [2.24, 2.45) is 7.05 Å². The predicted molar refractivity (Wildman–Crippen MR) is 109 cm³/mol. The van der Waals surface area contributed by atoms with Gasteiger partial charge in [-0.05, 0) is 49.1 Å². The standard InChI is InChI=1S/C21H22N4O4/c1-12-3-4-13(20(27)28)9-16(12)17-10-14-11-22-21(23-15-5-7-29-8-6-15)24-18(14)25(2)19(17)26/h3-4,9-11,15H,5-8H2,1-2H3,(H,27,28)(H,22,23,24). The Morgan fingerprint density at radius 2 is 2.00 bits per heavy atom. The van der Waals surface area contributed by atoms with Gasteiger partial charge in [-0.25, -0.2) is 9.78 Å². The third-order valence-corrected chi connectivity index (χ3v) is 5.28. The number of rotatable bonds is 4. The van der Waals surface area contributed by atoms with Crippen LogP contribution in [0.2, 0.25) is 0 Å². The summed E-state index contributed by atoms with van der Waals surface area (Å²) in [6.45, 7) is 3.27. The van der Waals surface area contributed by atoms with Crippen LogP contribution in [0.4, 0.5) is 5.95 Å². The Hall–Kier alpha value is -3.26. The summed E-state index contributed by atoms with van der Waals surface area (Å²) in [5, 5.41) is 13.3. The molecule has 8 heteroatoms. The van der Waals surface area contributed by atoms with Crippen molar-refractivity contribution in [3.8, 4) is 11.1 Å². The number of ether oxygens (including phenoxy) is 1. The van der Waals surface area contributed by atoms with Crippen molar-refractivity contribution in [3.63, 3.8) is 0 Å². The van der Waals surface area contributed by atoms with Gasteiger partial charge >= 0.3 is 5.97 Å². The van der Waals surface area contributed by atoms with E-state index in [2.05, 4.69) is 15.3 Å². The highest BCUT2D eigenvalue weighted by atomic mass is 16.5. The highest BCUT2D eigenvalue weighted by Crippen LogP contribution is 2.25. The lowest BCUT2D eigenvalue weighted by atomic mass is 9.98. The molecular weight excluding hydrogens is 372 g/mol. The van der Waals surface area contributed by atoms with Gasteiger partial charge in [0, 0.05) is 43.4 Å². The van der Waals surface area contributed by atoms with Crippen LogP contribution >= 0.6 is 0 Å². The average molecular weight is 394 g/mol. The number of nitrogens with one attached hydrogen (secondary N) is 1. The van der Waals surface area contributed by atoms with E-state index in [-0.39, 0.29) is 17.2 Å². The van der Waals surface area contributed by atoms with Crippen molar-refractivity contribution in [2.45, 2.75) is 25.8 Å². The molecule has 1 saturated heterocycles. The summed E-state index contributed by atoms with van der Waals surface area (Å²) in [4.78, 5) is 33.3. The van der Waals surface area contributed by atoms with Crippen molar-refractivity contribution in [1.82, 2.24) is 14.5 Å². The minimum atomic E-state index is -1.03. The van der Waals surface area contributed by atoms with Gasteiger partial charge in [0.15, 0.2) is 0 Å². The van der Waals surface area contributed by atoms with Crippen molar-refractivity contribution in [2.75, 3.05) is 18.5 Å². The zero-order chi connectivity index (χ0) is 20.5. The molecule has 8 nitrogen and oxygen atoms in total. The first kappa shape index (κ1) is 19.1. The zero-order valence-electron chi connectivity index (χ0n) is 16.3. The summed E-state index contributed by atoms with van der Waals surface area (Å²) in [6, 6.07) is 6.74. The molecule has 0 bridgehead atoms. The van der Waals surface area contributed by atoms with Gasteiger partial charge in [-0.3, -0.25) is 9.36 Å². The summed E-state index contributed by atoms with van der Waals surface area (Å²) < 4.78 is 6.85. The molecule has 4 rings (SSSR count). The van der Waals surface area contributed by atoms with Crippen LogP contribution in [0.25, 0.3) is 22.2 Å². The van der Waals surface area contributed by atoms with E-state index in [9.17, 15) is 14.7 Å². The molecule has 0 radical (unpaired) electrons. The molecule has 0 unspecified atom stereocenters. The summed E-state index contributed by atoms with van der Waals surface area (Å²) in [7, 11) is 1.66. The molecule has 1 aromatic carbocycles. The number of carboxylic acid groups (broad SMARTS) is 1. The van der Waals surface area contributed by atoms with E-state index in [4.69, 9.17) is 4.74 Å². The molecule has 150 valence electrons. The SMILES string of the molecule is Cc1ccc(C(=O)O)cc1-c1cc2cnc(NC3CCOCC3)nc2n(C)c1=O. The van der Waals surface area contributed by atoms with Crippen LogP contribution in [0.5, 0.6) is 0 Å². The Balaban J connectivity index is 1.77. The predicted octanol–water partition coefficient (Wildman–Crippen LogP) is 2.59. The molecule has 3 aromatic rings. The minimum Gasteiger partial charge on any atom is -0.478 e. The maximum absolute atomic E-state index is 13.0. The molecule has 2 N–H and O–H groups in total.